The molecule has 0 aliphatic rings. The van der Waals surface area contributed by atoms with E-state index in [2.05, 4.69) is 0 Å². The van der Waals surface area contributed by atoms with Gasteiger partial charge >= 0.3 is 0 Å². The first kappa shape index (κ1) is 22.3. The molecule has 0 fully saturated rings. The van der Waals surface area contributed by atoms with Crippen molar-refractivity contribution in [3.8, 4) is 0 Å². The van der Waals surface area contributed by atoms with Gasteiger partial charge in [-0.05, 0) is 18.6 Å². The Kier molecular flexibility index (Phi) is 7.98. The Labute approximate surface area is 163 Å². The Hall–Kier alpha value is -1.71. The molecule has 0 amide bonds. The Morgan fingerprint density at radius 1 is 1.23 bits per heavy atom. The molecule has 2 aromatic carbocycles. The summed E-state index contributed by atoms with van der Waals surface area (Å²) in [5.41, 5.74) is 6.22. The largest absolute Gasteiger partial charge is 0.329 e. The van der Waals surface area contributed by atoms with E-state index in [1.54, 1.807) is 24.3 Å². The third-order valence-corrected chi connectivity index (χ3v) is 5.92. The predicted octanol–water partition coefficient (Wildman–Crippen LogP) is 3.13. The zero-order chi connectivity index (χ0) is 18.6. The number of halogens is 2. The van der Waals surface area contributed by atoms with Crippen molar-refractivity contribution >= 4 is 39.7 Å². The highest BCUT2D eigenvalue weighted by atomic mass is 35.5. The van der Waals surface area contributed by atoms with Crippen molar-refractivity contribution < 1.29 is 13.3 Å². The molecular formula is C16H19Cl2N3O4S. The van der Waals surface area contributed by atoms with Crippen LogP contribution < -0.4 is 5.73 Å². The lowest BCUT2D eigenvalue weighted by atomic mass is 10.2. The fraction of sp³-hybridized carbons (Fsp3) is 0.250. The molecule has 7 nitrogen and oxygen atoms in total. The summed E-state index contributed by atoms with van der Waals surface area (Å²) >= 11 is 6.00. The lowest BCUT2D eigenvalue weighted by Gasteiger charge is -2.22. The quantitative estimate of drug-likeness (QED) is 0.547. The van der Waals surface area contributed by atoms with Crippen molar-refractivity contribution in [2.24, 2.45) is 5.73 Å². The summed E-state index contributed by atoms with van der Waals surface area (Å²) in [4.78, 5) is 10.3. The zero-order valence-electron chi connectivity index (χ0n) is 14.0. The van der Waals surface area contributed by atoms with Crippen LogP contribution in [0.4, 0.5) is 5.69 Å². The number of hydrogen-bond acceptors (Lipinski definition) is 5. The second-order valence-electron chi connectivity index (χ2n) is 5.42. The van der Waals surface area contributed by atoms with Crippen LogP contribution in [0.1, 0.15) is 11.1 Å². The Bertz CT molecular complexity index is 877. The number of nitrogens with zero attached hydrogens (tertiary/aromatic N) is 2. The molecule has 10 heteroatoms. The highest BCUT2D eigenvalue weighted by Crippen LogP contribution is 2.31. The molecule has 0 aliphatic heterocycles. The highest BCUT2D eigenvalue weighted by Gasteiger charge is 2.28. The number of nitro groups is 1. The van der Waals surface area contributed by atoms with Crippen LogP contribution in [0.25, 0.3) is 0 Å². The standard InChI is InChI=1S/C16H18ClN3O4S.ClH/c1-12-15(17)9-14(10-16(12)20(21)22)25(23,24)19(8-7-18)11-13-5-3-2-4-6-13;/h2-6,9-10H,7-8,11,18H2,1H3;1H. The molecular weight excluding hydrogens is 401 g/mol. The zero-order valence-corrected chi connectivity index (χ0v) is 16.4. The van der Waals surface area contributed by atoms with E-state index >= 15 is 0 Å². The van der Waals surface area contributed by atoms with E-state index in [1.165, 1.54) is 17.3 Å². The summed E-state index contributed by atoms with van der Waals surface area (Å²) in [5, 5.41) is 11.2. The third-order valence-electron chi connectivity index (χ3n) is 3.71. The summed E-state index contributed by atoms with van der Waals surface area (Å²) in [6.07, 6.45) is 0. The maximum Gasteiger partial charge on any atom is 0.275 e. The van der Waals surface area contributed by atoms with E-state index in [4.69, 9.17) is 17.3 Å². The molecule has 0 unspecified atom stereocenters. The van der Waals surface area contributed by atoms with Crippen molar-refractivity contribution in [2.45, 2.75) is 18.4 Å². The summed E-state index contributed by atoms with van der Waals surface area (Å²) in [7, 11) is -3.99. The molecule has 0 atom stereocenters. The summed E-state index contributed by atoms with van der Waals surface area (Å²) in [6.45, 7) is 1.78. The second kappa shape index (κ2) is 9.29. The Morgan fingerprint density at radius 2 is 1.85 bits per heavy atom. The first-order chi connectivity index (χ1) is 11.8. The van der Waals surface area contributed by atoms with E-state index in [1.807, 2.05) is 6.07 Å². The number of benzene rings is 2. The van der Waals surface area contributed by atoms with Crippen molar-refractivity contribution in [3.05, 3.63) is 68.7 Å². The Morgan fingerprint density at radius 3 is 2.38 bits per heavy atom. The SMILES string of the molecule is Cc1c(Cl)cc(S(=O)(=O)N(CCN)Cc2ccccc2)cc1[N+](=O)[O-].Cl. The van der Waals surface area contributed by atoms with Gasteiger partial charge in [-0.2, -0.15) is 4.31 Å². The molecule has 0 aromatic heterocycles. The molecule has 0 saturated heterocycles. The Balaban J connectivity index is 0.00000338. The summed E-state index contributed by atoms with van der Waals surface area (Å²) in [5.74, 6) is 0. The van der Waals surface area contributed by atoms with Gasteiger partial charge in [0.1, 0.15) is 0 Å². The van der Waals surface area contributed by atoms with Gasteiger partial charge in [-0.25, -0.2) is 8.42 Å². The van der Waals surface area contributed by atoms with Crippen molar-refractivity contribution in [3.63, 3.8) is 0 Å². The second-order valence-corrected chi connectivity index (χ2v) is 7.76. The van der Waals surface area contributed by atoms with E-state index < -0.39 is 14.9 Å². The van der Waals surface area contributed by atoms with Crippen LogP contribution >= 0.6 is 24.0 Å². The molecule has 2 N–H and O–H groups in total. The van der Waals surface area contributed by atoms with Crippen LogP contribution in [0.15, 0.2) is 47.4 Å². The molecule has 0 heterocycles. The van der Waals surface area contributed by atoms with Crippen LogP contribution in [0, 0.1) is 17.0 Å². The molecule has 2 aromatic rings. The van der Waals surface area contributed by atoms with E-state index in [9.17, 15) is 18.5 Å². The van der Waals surface area contributed by atoms with Gasteiger partial charge in [0, 0.05) is 31.3 Å². The lowest BCUT2D eigenvalue weighted by molar-refractivity contribution is -0.385. The van der Waals surface area contributed by atoms with Gasteiger partial charge in [0.2, 0.25) is 10.0 Å². The monoisotopic (exact) mass is 419 g/mol. The van der Waals surface area contributed by atoms with Gasteiger partial charge in [-0.15, -0.1) is 12.4 Å². The molecule has 0 aliphatic carbocycles. The van der Waals surface area contributed by atoms with Gasteiger partial charge in [0.15, 0.2) is 0 Å². The van der Waals surface area contributed by atoms with Crippen molar-refractivity contribution in [1.29, 1.82) is 0 Å². The number of nitrogens with two attached hydrogens (primary N) is 1. The average molecular weight is 420 g/mol. The van der Waals surface area contributed by atoms with Crippen LogP contribution in [0.2, 0.25) is 5.02 Å². The molecule has 2 rings (SSSR count). The average Bonchev–Trinajstić information content (AvgIpc) is 2.57. The fourth-order valence-corrected chi connectivity index (χ4v) is 4.11. The maximum atomic E-state index is 13.0. The van der Waals surface area contributed by atoms with Gasteiger partial charge in [0.05, 0.1) is 14.8 Å². The number of rotatable bonds is 7. The topological polar surface area (TPSA) is 107 Å². The first-order valence-corrected chi connectivity index (χ1v) is 9.28. The molecule has 0 bridgehead atoms. The highest BCUT2D eigenvalue weighted by molar-refractivity contribution is 7.89. The van der Waals surface area contributed by atoms with Crippen molar-refractivity contribution in [2.75, 3.05) is 13.1 Å². The third kappa shape index (κ3) is 4.93. The van der Waals surface area contributed by atoms with E-state index in [-0.39, 0.29) is 53.2 Å². The summed E-state index contributed by atoms with van der Waals surface area (Å²) in [6, 6.07) is 11.3. The van der Waals surface area contributed by atoms with Crippen LogP contribution in [0.3, 0.4) is 0 Å². The minimum absolute atomic E-state index is 0. The molecule has 142 valence electrons. The lowest BCUT2D eigenvalue weighted by Crippen LogP contribution is -2.35. The predicted molar refractivity (Wildman–Crippen MR) is 103 cm³/mol. The van der Waals surface area contributed by atoms with Crippen molar-refractivity contribution in [1.82, 2.24) is 4.31 Å². The fourth-order valence-electron chi connectivity index (χ4n) is 2.34. The van der Waals surface area contributed by atoms with E-state index in [0.717, 1.165) is 11.6 Å². The summed E-state index contributed by atoms with van der Waals surface area (Å²) < 4.78 is 27.1. The van der Waals surface area contributed by atoms with Crippen LogP contribution in [-0.2, 0) is 16.6 Å². The molecule has 0 radical (unpaired) electrons. The van der Waals surface area contributed by atoms with Crippen LogP contribution in [-0.4, -0.2) is 30.7 Å². The minimum Gasteiger partial charge on any atom is -0.329 e. The number of sulfonamides is 1. The number of nitro benzene ring substituents is 1. The first-order valence-electron chi connectivity index (χ1n) is 7.46. The normalized spacial score (nSPS) is 11.2. The molecule has 26 heavy (non-hydrogen) atoms. The molecule has 0 spiro atoms. The van der Waals surface area contributed by atoms with Gasteiger partial charge in [-0.1, -0.05) is 41.9 Å². The van der Waals surface area contributed by atoms with Crippen LogP contribution in [0.5, 0.6) is 0 Å². The number of hydrogen-bond donors (Lipinski definition) is 1. The smallest absolute Gasteiger partial charge is 0.275 e. The van der Waals surface area contributed by atoms with E-state index in [0.29, 0.717) is 0 Å². The maximum absolute atomic E-state index is 13.0. The van der Waals surface area contributed by atoms with Gasteiger partial charge < -0.3 is 5.73 Å². The van der Waals surface area contributed by atoms with Gasteiger partial charge in [0.25, 0.3) is 5.69 Å². The molecule has 0 saturated carbocycles. The van der Waals surface area contributed by atoms with Gasteiger partial charge in [-0.3, -0.25) is 10.1 Å². The minimum atomic E-state index is -3.99.